The fourth-order valence-electron chi connectivity index (χ4n) is 6.04. The highest BCUT2D eigenvalue weighted by atomic mass is 16.5. The van der Waals surface area contributed by atoms with Crippen LogP contribution in [-0.2, 0) is 14.3 Å². The van der Waals surface area contributed by atoms with Gasteiger partial charge in [-0.3, -0.25) is 4.79 Å². The normalized spacial score (nSPS) is 12.8. The maximum atomic E-state index is 13.0. The molecule has 45 heavy (non-hydrogen) atoms. The van der Waals surface area contributed by atoms with Crippen molar-refractivity contribution < 1.29 is 14.3 Å². The van der Waals surface area contributed by atoms with Gasteiger partial charge in [-0.25, -0.2) is 0 Å². The smallest absolute Gasteiger partial charge is 0.228 e. The van der Waals surface area contributed by atoms with Crippen LogP contribution in [0.25, 0.3) is 0 Å². The Kier molecular flexibility index (Phi) is 30.0. The number of ether oxygens (including phenoxy) is 2. The first-order valence-corrected chi connectivity index (χ1v) is 19.4. The minimum atomic E-state index is -0.342. The molecule has 0 aliphatic rings. The molecule has 2 atom stereocenters. The van der Waals surface area contributed by atoms with Crippen molar-refractivity contribution in [2.24, 2.45) is 5.73 Å². The van der Waals surface area contributed by atoms with Gasteiger partial charge in [-0.05, 0) is 18.4 Å². The summed E-state index contributed by atoms with van der Waals surface area (Å²) in [5.74, 6) is -0.381. The highest BCUT2D eigenvalue weighted by molar-refractivity contribution is 5.83. The molecule has 0 aliphatic carbocycles. The molecular weight excluding hydrogens is 556 g/mol. The molecule has 0 aromatic heterocycles. The van der Waals surface area contributed by atoms with E-state index in [9.17, 15) is 4.79 Å². The van der Waals surface area contributed by atoms with Gasteiger partial charge in [0.1, 0.15) is 0 Å². The van der Waals surface area contributed by atoms with Gasteiger partial charge in [0.25, 0.3) is 0 Å². The Morgan fingerprint density at radius 1 is 0.622 bits per heavy atom. The lowest BCUT2D eigenvalue weighted by Crippen LogP contribution is -2.40. The van der Waals surface area contributed by atoms with Crippen molar-refractivity contribution in [2.75, 3.05) is 32.9 Å². The molecule has 0 bridgehead atoms. The van der Waals surface area contributed by atoms with Crippen LogP contribution in [0.5, 0.6) is 0 Å². The van der Waals surface area contributed by atoms with E-state index in [1.165, 1.54) is 141 Å². The molecule has 5 heteroatoms. The Morgan fingerprint density at radius 2 is 1.04 bits per heavy atom. The highest BCUT2D eigenvalue weighted by Gasteiger charge is 2.20. The zero-order valence-electron chi connectivity index (χ0n) is 29.8. The second kappa shape index (κ2) is 32.5. The van der Waals surface area contributed by atoms with E-state index in [0.29, 0.717) is 13.2 Å². The van der Waals surface area contributed by atoms with Gasteiger partial charge >= 0.3 is 0 Å². The monoisotopic (exact) mass is 631 g/mol. The number of hydrogen-bond acceptors (Lipinski definition) is 4. The van der Waals surface area contributed by atoms with Crippen LogP contribution in [-0.4, -0.2) is 44.9 Å². The second-order valence-corrected chi connectivity index (χ2v) is 13.3. The van der Waals surface area contributed by atoms with E-state index in [0.717, 1.165) is 31.6 Å². The van der Waals surface area contributed by atoms with Crippen molar-refractivity contribution in [3.05, 3.63) is 35.9 Å². The van der Waals surface area contributed by atoms with E-state index in [-0.39, 0.29) is 24.5 Å². The van der Waals surface area contributed by atoms with Crippen LogP contribution in [0.15, 0.2) is 30.3 Å². The van der Waals surface area contributed by atoms with Gasteiger partial charge < -0.3 is 20.5 Å². The minimum Gasteiger partial charge on any atom is -0.379 e. The molecule has 0 aliphatic heterocycles. The fraction of sp³-hybridized carbons (Fsp3) is 0.825. The number of nitrogens with one attached hydrogen (secondary N) is 1. The van der Waals surface area contributed by atoms with Gasteiger partial charge in [-0.1, -0.05) is 185 Å². The van der Waals surface area contributed by atoms with Gasteiger partial charge in [-0.15, -0.1) is 0 Å². The Morgan fingerprint density at radius 3 is 1.49 bits per heavy atom. The summed E-state index contributed by atoms with van der Waals surface area (Å²) in [6.07, 6.45) is 31.9. The first kappa shape index (κ1) is 41.6. The lowest BCUT2D eigenvalue weighted by atomic mass is 9.98. The van der Waals surface area contributed by atoms with Crippen LogP contribution >= 0.6 is 0 Å². The third-order valence-electron chi connectivity index (χ3n) is 9.06. The van der Waals surface area contributed by atoms with E-state index in [4.69, 9.17) is 15.2 Å². The maximum Gasteiger partial charge on any atom is 0.228 e. The summed E-state index contributed by atoms with van der Waals surface area (Å²) in [5, 5.41) is 3.10. The molecule has 0 fully saturated rings. The number of hydrogen-bond donors (Lipinski definition) is 2. The van der Waals surface area contributed by atoms with Crippen molar-refractivity contribution in [1.29, 1.82) is 0 Å². The first-order valence-electron chi connectivity index (χ1n) is 19.4. The van der Waals surface area contributed by atoms with Crippen molar-refractivity contribution in [3.63, 3.8) is 0 Å². The predicted molar refractivity (Wildman–Crippen MR) is 194 cm³/mol. The molecule has 5 nitrogen and oxygen atoms in total. The third kappa shape index (κ3) is 25.4. The lowest BCUT2D eigenvalue weighted by Gasteiger charge is -2.21. The molecule has 0 saturated carbocycles. The number of rotatable bonds is 34. The average Bonchev–Trinajstić information content (AvgIpc) is 3.06. The Labute approximate surface area is 279 Å². The zero-order valence-corrected chi connectivity index (χ0v) is 29.8. The largest absolute Gasteiger partial charge is 0.379 e. The molecule has 2 unspecified atom stereocenters. The number of benzene rings is 1. The molecule has 1 aromatic carbocycles. The predicted octanol–water partition coefficient (Wildman–Crippen LogP) is 10.6. The Bertz CT molecular complexity index is 744. The van der Waals surface area contributed by atoms with Gasteiger partial charge in [0.2, 0.25) is 5.91 Å². The van der Waals surface area contributed by atoms with E-state index in [1.54, 1.807) is 0 Å². The number of amides is 1. The molecule has 3 N–H and O–H groups in total. The minimum absolute atomic E-state index is 0.0383. The van der Waals surface area contributed by atoms with E-state index in [1.807, 2.05) is 30.3 Å². The van der Waals surface area contributed by atoms with E-state index in [2.05, 4.69) is 19.2 Å². The SMILES string of the molecule is CCCCCCCCCCCCCCOCC(CNC(=O)C(CN)c1ccccc1)OCCCCCCCCCCCCCC. The molecule has 0 heterocycles. The first-order chi connectivity index (χ1) is 22.2. The molecule has 1 aromatic rings. The van der Waals surface area contributed by atoms with Gasteiger partial charge in [0.05, 0.1) is 18.6 Å². The summed E-state index contributed by atoms with van der Waals surface area (Å²) >= 11 is 0. The van der Waals surface area contributed by atoms with Crippen molar-refractivity contribution in [2.45, 2.75) is 180 Å². The van der Waals surface area contributed by atoms with Gasteiger partial charge in [-0.2, -0.15) is 0 Å². The molecule has 0 spiro atoms. The van der Waals surface area contributed by atoms with Crippen molar-refractivity contribution in [3.8, 4) is 0 Å². The van der Waals surface area contributed by atoms with Crippen LogP contribution in [0.3, 0.4) is 0 Å². The molecule has 0 radical (unpaired) electrons. The summed E-state index contributed by atoms with van der Waals surface area (Å²) in [4.78, 5) is 13.0. The van der Waals surface area contributed by atoms with Crippen molar-refractivity contribution in [1.82, 2.24) is 5.32 Å². The van der Waals surface area contributed by atoms with Gasteiger partial charge in [0, 0.05) is 26.3 Å². The Balaban J connectivity index is 2.25. The number of carbonyl (C=O) groups is 1. The maximum absolute atomic E-state index is 13.0. The lowest BCUT2D eigenvalue weighted by molar-refractivity contribution is -0.123. The quantitative estimate of drug-likeness (QED) is 0.0743. The summed E-state index contributed by atoms with van der Waals surface area (Å²) in [6, 6.07) is 9.81. The fourth-order valence-corrected chi connectivity index (χ4v) is 6.04. The number of nitrogens with two attached hydrogens (primary N) is 1. The van der Waals surface area contributed by atoms with Crippen LogP contribution in [0.4, 0.5) is 0 Å². The molecular formula is C40H74N2O3. The third-order valence-corrected chi connectivity index (χ3v) is 9.06. The van der Waals surface area contributed by atoms with Crippen LogP contribution in [0.1, 0.15) is 179 Å². The second-order valence-electron chi connectivity index (χ2n) is 13.3. The highest BCUT2D eigenvalue weighted by Crippen LogP contribution is 2.15. The summed E-state index contributed by atoms with van der Waals surface area (Å²) < 4.78 is 12.3. The van der Waals surface area contributed by atoms with Crippen LogP contribution in [0, 0.1) is 0 Å². The average molecular weight is 631 g/mol. The van der Waals surface area contributed by atoms with Gasteiger partial charge in [0.15, 0.2) is 0 Å². The summed E-state index contributed by atoms with van der Waals surface area (Å²) in [7, 11) is 0. The van der Waals surface area contributed by atoms with E-state index < -0.39 is 0 Å². The van der Waals surface area contributed by atoms with Crippen molar-refractivity contribution >= 4 is 5.91 Å². The molecule has 1 rings (SSSR count). The molecule has 262 valence electrons. The number of unbranched alkanes of at least 4 members (excludes halogenated alkanes) is 22. The Hall–Kier alpha value is -1.43. The number of carbonyl (C=O) groups excluding carboxylic acids is 1. The van der Waals surface area contributed by atoms with E-state index >= 15 is 0 Å². The van der Waals surface area contributed by atoms with Crippen LogP contribution < -0.4 is 11.1 Å². The summed E-state index contributed by atoms with van der Waals surface area (Å²) in [6.45, 7) is 7.31. The van der Waals surface area contributed by atoms with Crippen LogP contribution in [0.2, 0.25) is 0 Å². The molecule has 1 amide bonds. The standard InChI is InChI=1S/C40H74N2O3/c1-3-5-7-9-11-13-15-17-19-21-23-28-32-44-36-38(35-42-40(43)39(34-41)37-30-26-25-27-31-37)45-33-29-24-22-20-18-16-14-12-10-8-6-4-2/h25-27,30-31,38-39H,3-24,28-29,32-36,41H2,1-2H3,(H,42,43). The zero-order chi connectivity index (χ0) is 32.5. The topological polar surface area (TPSA) is 73.6 Å². The summed E-state index contributed by atoms with van der Waals surface area (Å²) in [5.41, 5.74) is 6.93. The molecule has 0 saturated heterocycles.